The highest BCUT2D eigenvalue weighted by atomic mass is 15.1. The summed E-state index contributed by atoms with van der Waals surface area (Å²) in [6, 6.07) is 0. The van der Waals surface area contributed by atoms with Crippen LogP contribution in [0.15, 0.2) is 0 Å². The highest BCUT2D eigenvalue weighted by Gasteiger charge is 2.21. The molecular weight excluding hydrogens is 160 g/mol. The second kappa shape index (κ2) is 4.43. The maximum Gasteiger partial charge on any atom is 0.00223 e. The maximum atomic E-state index is 4.12. The number of rotatable bonds is 2. The van der Waals surface area contributed by atoms with E-state index in [1.807, 2.05) is 0 Å². The molecule has 13 heavy (non-hydrogen) atoms. The molecule has 0 saturated carbocycles. The third kappa shape index (κ3) is 2.68. The summed E-state index contributed by atoms with van der Waals surface area (Å²) in [7, 11) is 0. The largest absolute Gasteiger partial charge is 0.316 e. The van der Waals surface area contributed by atoms with Gasteiger partial charge in [-0.25, -0.2) is 0 Å². The van der Waals surface area contributed by atoms with Crippen LogP contribution in [0, 0.1) is 18.8 Å². The Morgan fingerprint density at radius 1 is 1.23 bits per heavy atom. The minimum Gasteiger partial charge on any atom is -0.316 e. The number of likely N-dealkylation sites (tertiary alicyclic amines) is 1. The van der Waals surface area contributed by atoms with Gasteiger partial charge in [0.05, 0.1) is 0 Å². The Morgan fingerprint density at radius 3 is 2.62 bits per heavy atom. The number of piperidine rings is 1. The SMILES string of the molecule is [CH2]C1CCN(CC2CCNC2)CC1. The van der Waals surface area contributed by atoms with Crippen LogP contribution < -0.4 is 5.32 Å². The molecule has 2 nitrogen and oxygen atoms in total. The van der Waals surface area contributed by atoms with Gasteiger partial charge in [0, 0.05) is 6.54 Å². The van der Waals surface area contributed by atoms with Crippen LogP contribution in [0.25, 0.3) is 0 Å². The highest BCUT2D eigenvalue weighted by Crippen LogP contribution is 2.18. The fourth-order valence-corrected chi connectivity index (χ4v) is 2.40. The molecule has 2 heteroatoms. The van der Waals surface area contributed by atoms with Gasteiger partial charge >= 0.3 is 0 Å². The van der Waals surface area contributed by atoms with E-state index in [1.165, 1.54) is 52.0 Å². The van der Waals surface area contributed by atoms with Gasteiger partial charge in [0.25, 0.3) is 0 Å². The van der Waals surface area contributed by atoms with E-state index in [0.717, 1.165) is 11.8 Å². The Balaban J connectivity index is 1.69. The van der Waals surface area contributed by atoms with E-state index in [-0.39, 0.29) is 0 Å². The normalized spacial score (nSPS) is 32.5. The van der Waals surface area contributed by atoms with E-state index in [2.05, 4.69) is 17.1 Å². The van der Waals surface area contributed by atoms with Crippen molar-refractivity contribution in [3.63, 3.8) is 0 Å². The predicted octanol–water partition coefficient (Wildman–Crippen LogP) is 1.14. The zero-order chi connectivity index (χ0) is 9.10. The van der Waals surface area contributed by atoms with Crippen LogP contribution in [0.4, 0.5) is 0 Å². The van der Waals surface area contributed by atoms with Crippen molar-refractivity contribution in [2.45, 2.75) is 19.3 Å². The van der Waals surface area contributed by atoms with Gasteiger partial charge in [-0.05, 0) is 57.3 Å². The van der Waals surface area contributed by atoms with Crippen LogP contribution >= 0.6 is 0 Å². The molecule has 1 atom stereocenters. The molecule has 0 aromatic heterocycles. The van der Waals surface area contributed by atoms with Crippen molar-refractivity contribution < 1.29 is 0 Å². The third-order valence-corrected chi connectivity index (χ3v) is 3.39. The average molecular weight is 181 g/mol. The predicted molar refractivity (Wildman–Crippen MR) is 55.5 cm³/mol. The molecule has 0 amide bonds. The molecule has 75 valence electrons. The Kier molecular flexibility index (Phi) is 3.23. The van der Waals surface area contributed by atoms with Gasteiger partial charge in [-0.1, -0.05) is 6.92 Å². The van der Waals surface area contributed by atoms with E-state index in [4.69, 9.17) is 0 Å². The second-order valence-electron chi connectivity index (χ2n) is 4.60. The zero-order valence-corrected chi connectivity index (χ0v) is 8.47. The average Bonchev–Trinajstić information content (AvgIpc) is 2.62. The fourth-order valence-electron chi connectivity index (χ4n) is 2.40. The first-order valence-corrected chi connectivity index (χ1v) is 5.61. The molecule has 0 spiro atoms. The van der Waals surface area contributed by atoms with Gasteiger partial charge in [0.15, 0.2) is 0 Å². The molecule has 2 heterocycles. The monoisotopic (exact) mass is 181 g/mol. The van der Waals surface area contributed by atoms with Gasteiger partial charge in [-0.3, -0.25) is 0 Å². The van der Waals surface area contributed by atoms with E-state index < -0.39 is 0 Å². The first kappa shape index (κ1) is 9.47. The molecular formula is C11H21N2. The van der Waals surface area contributed by atoms with Gasteiger partial charge in [0.2, 0.25) is 0 Å². The topological polar surface area (TPSA) is 15.3 Å². The van der Waals surface area contributed by atoms with Crippen LogP contribution in [-0.4, -0.2) is 37.6 Å². The van der Waals surface area contributed by atoms with E-state index in [0.29, 0.717) is 0 Å². The van der Waals surface area contributed by atoms with Crippen molar-refractivity contribution in [3.8, 4) is 0 Å². The van der Waals surface area contributed by atoms with Crippen molar-refractivity contribution in [2.75, 3.05) is 32.7 Å². The molecule has 0 aliphatic carbocycles. The quantitative estimate of drug-likeness (QED) is 0.687. The molecule has 0 aromatic carbocycles. The number of nitrogens with one attached hydrogen (secondary N) is 1. The highest BCUT2D eigenvalue weighted by molar-refractivity contribution is 4.78. The molecule has 2 saturated heterocycles. The lowest BCUT2D eigenvalue weighted by atomic mass is 9.98. The minimum absolute atomic E-state index is 0.720. The molecule has 0 bridgehead atoms. The van der Waals surface area contributed by atoms with Gasteiger partial charge in [-0.15, -0.1) is 0 Å². The van der Waals surface area contributed by atoms with E-state index in [1.54, 1.807) is 0 Å². The Labute approximate surface area is 81.7 Å². The molecule has 1 N–H and O–H groups in total. The van der Waals surface area contributed by atoms with E-state index >= 15 is 0 Å². The molecule has 1 radical (unpaired) electrons. The Morgan fingerprint density at radius 2 is 2.00 bits per heavy atom. The van der Waals surface area contributed by atoms with E-state index in [9.17, 15) is 0 Å². The lowest BCUT2D eigenvalue weighted by Crippen LogP contribution is -2.37. The summed E-state index contributed by atoms with van der Waals surface area (Å²) >= 11 is 0. The minimum atomic E-state index is 0.720. The molecule has 2 fully saturated rings. The van der Waals surface area contributed by atoms with Crippen molar-refractivity contribution in [2.24, 2.45) is 11.8 Å². The maximum absolute atomic E-state index is 4.12. The zero-order valence-electron chi connectivity index (χ0n) is 8.47. The summed E-state index contributed by atoms with van der Waals surface area (Å²) < 4.78 is 0. The van der Waals surface area contributed by atoms with Gasteiger partial charge in [-0.2, -0.15) is 0 Å². The van der Waals surface area contributed by atoms with Crippen molar-refractivity contribution in [1.29, 1.82) is 0 Å². The smallest absolute Gasteiger partial charge is 0.00223 e. The molecule has 0 aromatic rings. The van der Waals surface area contributed by atoms with Gasteiger partial charge in [0.1, 0.15) is 0 Å². The summed E-state index contributed by atoms with van der Waals surface area (Å²) in [4.78, 5) is 2.62. The van der Waals surface area contributed by atoms with Crippen LogP contribution in [0.5, 0.6) is 0 Å². The molecule has 2 rings (SSSR count). The number of hydrogen-bond acceptors (Lipinski definition) is 2. The van der Waals surface area contributed by atoms with Crippen molar-refractivity contribution in [3.05, 3.63) is 6.92 Å². The van der Waals surface area contributed by atoms with Crippen LogP contribution in [0.2, 0.25) is 0 Å². The van der Waals surface area contributed by atoms with Crippen LogP contribution in [-0.2, 0) is 0 Å². The molecule has 2 aliphatic heterocycles. The standard InChI is InChI=1S/C11H21N2/c1-10-3-6-13(7-4-10)9-11-2-5-12-8-11/h10-12H,1-9H2. The number of hydrogen-bond donors (Lipinski definition) is 1. The first-order chi connectivity index (χ1) is 6.34. The summed E-state index contributed by atoms with van der Waals surface area (Å²) in [5.74, 6) is 1.64. The summed E-state index contributed by atoms with van der Waals surface area (Å²) in [6.07, 6.45) is 3.99. The summed E-state index contributed by atoms with van der Waals surface area (Å²) in [5, 5.41) is 3.43. The molecule has 1 unspecified atom stereocenters. The summed E-state index contributed by atoms with van der Waals surface area (Å²) in [5.41, 5.74) is 0. The Hall–Kier alpha value is -0.0800. The van der Waals surface area contributed by atoms with Crippen molar-refractivity contribution >= 4 is 0 Å². The Bertz CT molecular complexity index is 144. The molecule has 2 aliphatic rings. The first-order valence-electron chi connectivity index (χ1n) is 5.61. The van der Waals surface area contributed by atoms with Crippen LogP contribution in [0.1, 0.15) is 19.3 Å². The van der Waals surface area contributed by atoms with Crippen molar-refractivity contribution in [1.82, 2.24) is 10.2 Å². The van der Waals surface area contributed by atoms with Gasteiger partial charge < -0.3 is 10.2 Å². The lowest BCUT2D eigenvalue weighted by molar-refractivity contribution is 0.179. The second-order valence-corrected chi connectivity index (χ2v) is 4.60. The summed E-state index contributed by atoms with van der Waals surface area (Å²) in [6.45, 7) is 10.5. The lowest BCUT2D eigenvalue weighted by Gasteiger charge is -2.31. The van der Waals surface area contributed by atoms with Crippen LogP contribution in [0.3, 0.4) is 0 Å². The number of nitrogens with zero attached hydrogens (tertiary/aromatic N) is 1. The fraction of sp³-hybridized carbons (Fsp3) is 0.909. The third-order valence-electron chi connectivity index (χ3n) is 3.39.